The maximum Gasteiger partial charge on any atom is 0.305 e. The van der Waals surface area contributed by atoms with Gasteiger partial charge >= 0.3 is 5.97 Å². The number of nitrogens with one attached hydrogen (secondary N) is 1. The van der Waals surface area contributed by atoms with Crippen LogP contribution in [0, 0.1) is 0 Å². The number of carbonyl (C=O) groups is 2. The van der Waals surface area contributed by atoms with E-state index in [9.17, 15) is 18.0 Å². The fourth-order valence-corrected chi connectivity index (χ4v) is 3.89. The highest BCUT2D eigenvalue weighted by Gasteiger charge is 2.36. The largest absolute Gasteiger partial charge is 0.481 e. The molecule has 8 heteroatoms. The number of carboxylic acid groups (broad SMARTS) is 1. The van der Waals surface area contributed by atoms with E-state index in [-0.39, 0.29) is 29.4 Å². The van der Waals surface area contributed by atoms with Crippen LogP contribution in [-0.2, 0) is 30.6 Å². The molecule has 138 valence electrons. The Hall–Kier alpha value is -1.93. The van der Waals surface area contributed by atoms with Crippen molar-refractivity contribution in [2.24, 2.45) is 0 Å². The van der Waals surface area contributed by atoms with E-state index in [1.54, 1.807) is 19.1 Å². The third kappa shape index (κ3) is 5.27. The van der Waals surface area contributed by atoms with Gasteiger partial charge in [-0.05, 0) is 30.5 Å². The average Bonchev–Trinajstić information content (AvgIpc) is 2.54. The maximum atomic E-state index is 12.4. The van der Waals surface area contributed by atoms with Gasteiger partial charge in [0, 0.05) is 13.2 Å². The predicted octanol–water partition coefficient (Wildman–Crippen LogP) is 1.16. The second kappa shape index (κ2) is 7.97. The van der Waals surface area contributed by atoms with Crippen LogP contribution < -0.4 is 5.32 Å². The molecule has 1 saturated heterocycles. The summed E-state index contributed by atoms with van der Waals surface area (Å²) in [7, 11) is -3.34. The van der Waals surface area contributed by atoms with Gasteiger partial charge in [0.25, 0.3) is 0 Å². The van der Waals surface area contributed by atoms with Gasteiger partial charge < -0.3 is 15.2 Å². The molecule has 1 heterocycles. The Morgan fingerprint density at radius 1 is 1.28 bits per heavy atom. The second-order valence-corrected chi connectivity index (χ2v) is 8.52. The summed E-state index contributed by atoms with van der Waals surface area (Å²) in [5.41, 5.74) is -0.238. The Balaban J connectivity index is 2.11. The minimum Gasteiger partial charge on any atom is -0.481 e. The molecule has 25 heavy (non-hydrogen) atoms. The smallest absolute Gasteiger partial charge is 0.305 e. The number of benzene rings is 1. The molecule has 2 rings (SSSR count). The predicted molar refractivity (Wildman–Crippen MR) is 91.1 cm³/mol. The average molecular weight is 369 g/mol. The van der Waals surface area contributed by atoms with Crippen molar-refractivity contribution in [3.63, 3.8) is 0 Å². The van der Waals surface area contributed by atoms with Crippen molar-refractivity contribution in [3.05, 3.63) is 29.8 Å². The zero-order chi connectivity index (χ0) is 18.5. The van der Waals surface area contributed by atoms with E-state index in [4.69, 9.17) is 9.84 Å². The molecule has 1 aliphatic rings. The Morgan fingerprint density at radius 2 is 1.96 bits per heavy atom. The van der Waals surface area contributed by atoms with Crippen LogP contribution in [0.1, 0.15) is 31.7 Å². The van der Waals surface area contributed by atoms with Gasteiger partial charge in [-0.25, -0.2) is 8.42 Å². The molecule has 1 aromatic carbocycles. The van der Waals surface area contributed by atoms with Crippen LogP contribution in [0.3, 0.4) is 0 Å². The minimum absolute atomic E-state index is 0.00466. The number of rotatable bonds is 7. The summed E-state index contributed by atoms with van der Waals surface area (Å²) < 4.78 is 29.2. The van der Waals surface area contributed by atoms with Gasteiger partial charge in [-0.3, -0.25) is 9.59 Å². The molecule has 1 amide bonds. The zero-order valence-corrected chi connectivity index (χ0v) is 15.0. The molecule has 0 aliphatic carbocycles. The molecule has 1 aliphatic heterocycles. The summed E-state index contributed by atoms with van der Waals surface area (Å²) in [5, 5.41) is 12.0. The van der Waals surface area contributed by atoms with Crippen molar-refractivity contribution in [1.82, 2.24) is 5.32 Å². The van der Waals surface area contributed by atoms with Crippen molar-refractivity contribution in [3.8, 4) is 0 Å². The van der Waals surface area contributed by atoms with Crippen molar-refractivity contribution in [2.75, 3.05) is 19.0 Å². The molecule has 7 nitrogen and oxygen atoms in total. The molecule has 0 saturated carbocycles. The first kappa shape index (κ1) is 19.4. The quantitative estimate of drug-likeness (QED) is 0.746. The van der Waals surface area contributed by atoms with Gasteiger partial charge in [0.1, 0.15) is 0 Å². The van der Waals surface area contributed by atoms with Crippen molar-refractivity contribution in [1.29, 1.82) is 0 Å². The van der Waals surface area contributed by atoms with Gasteiger partial charge in [-0.15, -0.1) is 0 Å². The molecule has 2 N–H and O–H groups in total. The van der Waals surface area contributed by atoms with E-state index in [1.165, 1.54) is 12.1 Å². The summed E-state index contributed by atoms with van der Waals surface area (Å²) in [5.74, 6) is -1.31. The third-order valence-electron chi connectivity index (χ3n) is 4.35. The van der Waals surface area contributed by atoms with E-state index in [2.05, 4.69) is 5.32 Å². The van der Waals surface area contributed by atoms with Crippen LogP contribution in [0.25, 0.3) is 0 Å². The minimum atomic E-state index is -3.34. The lowest BCUT2D eigenvalue weighted by Gasteiger charge is -2.36. The lowest BCUT2D eigenvalue weighted by Crippen LogP contribution is -2.53. The lowest BCUT2D eigenvalue weighted by atomic mass is 9.86. The van der Waals surface area contributed by atoms with Crippen molar-refractivity contribution >= 4 is 21.7 Å². The highest BCUT2D eigenvalue weighted by atomic mass is 32.2. The molecule has 0 bridgehead atoms. The number of amides is 1. The first-order valence-electron chi connectivity index (χ1n) is 8.19. The number of carboxylic acids is 1. The topological polar surface area (TPSA) is 110 Å². The summed E-state index contributed by atoms with van der Waals surface area (Å²) >= 11 is 0. The first-order chi connectivity index (χ1) is 11.8. The van der Waals surface area contributed by atoms with Crippen LogP contribution in [0.4, 0.5) is 0 Å². The highest BCUT2D eigenvalue weighted by Crippen LogP contribution is 2.25. The van der Waals surface area contributed by atoms with Gasteiger partial charge in [-0.2, -0.15) is 0 Å². The van der Waals surface area contributed by atoms with Gasteiger partial charge in [0.15, 0.2) is 9.84 Å². The number of hydrogen-bond acceptors (Lipinski definition) is 5. The number of hydrogen-bond donors (Lipinski definition) is 2. The lowest BCUT2D eigenvalue weighted by molar-refractivity contribution is -0.140. The summed E-state index contributed by atoms with van der Waals surface area (Å²) in [4.78, 5) is 23.7. The van der Waals surface area contributed by atoms with Crippen LogP contribution in [0.15, 0.2) is 29.2 Å². The van der Waals surface area contributed by atoms with E-state index in [0.29, 0.717) is 31.6 Å². The highest BCUT2D eigenvalue weighted by molar-refractivity contribution is 7.91. The number of aliphatic carboxylic acids is 1. The maximum absolute atomic E-state index is 12.4. The molecule has 1 fully saturated rings. The number of sulfone groups is 1. The van der Waals surface area contributed by atoms with E-state index in [0.717, 1.165) is 0 Å². The van der Waals surface area contributed by atoms with Crippen LogP contribution >= 0.6 is 0 Å². The Bertz CT molecular complexity index is 737. The fraction of sp³-hybridized carbons (Fsp3) is 0.529. The fourth-order valence-electron chi connectivity index (χ4n) is 2.94. The summed E-state index contributed by atoms with van der Waals surface area (Å²) in [6.45, 7) is 2.37. The molecule has 0 spiro atoms. The second-order valence-electron chi connectivity index (χ2n) is 6.24. The first-order valence-corrected chi connectivity index (χ1v) is 9.84. The van der Waals surface area contributed by atoms with Crippen LogP contribution in [0.5, 0.6) is 0 Å². The van der Waals surface area contributed by atoms with Crippen molar-refractivity contribution in [2.45, 2.75) is 43.0 Å². The SMILES string of the molecule is CCS(=O)(=O)c1cccc(CC(=O)NC2(CC(=O)O)CCOCC2)c1. The molecule has 0 radical (unpaired) electrons. The molecule has 1 aromatic rings. The molecule has 0 unspecified atom stereocenters. The zero-order valence-electron chi connectivity index (χ0n) is 14.2. The Morgan fingerprint density at radius 3 is 2.56 bits per heavy atom. The van der Waals surface area contributed by atoms with E-state index in [1.807, 2.05) is 0 Å². The number of ether oxygens (including phenoxy) is 1. The van der Waals surface area contributed by atoms with Gasteiger partial charge in [0.2, 0.25) is 5.91 Å². The van der Waals surface area contributed by atoms with E-state index < -0.39 is 21.3 Å². The normalized spacial score (nSPS) is 17.0. The number of carbonyl (C=O) groups excluding carboxylic acids is 1. The third-order valence-corrected chi connectivity index (χ3v) is 6.08. The van der Waals surface area contributed by atoms with Crippen LogP contribution in [0.2, 0.25) is 0 Å². The Kier molecular flexibility index (Phi) is 6.18. The van der Waals surface area contributed by atoms with Gasteiger partial charge in [0.05, 0.1) is 29.0 Å². The summed E-state index contributed by atoms with van der Waals surface area (Å²) in [6, 6.07) is 6.28. The summed E-state index contributed by atoms with van der Waals surface area (Å²) in [6.07, 6.45) is 0.715. The monoisotopic (exact) mass is 369 g/mol. The van der Waals surface area contributed by atoms with Gasteiger partial charge in [-0.1, -0.05) is 19.1 Å². The molecular formula is C17H23NO6S. The van der Waals surface area contributed by atoms with E-state index >= 15 is 0 Å². The molecule has 0 aromatic heterocycles. The standard InChI is InChI=1S/C17H23NO6S/c1-2-25(22,23)14-5-3-4-13(10-14)11-15(19)18-17(12-16(20)21)6-8-24-9-7-17/h3-5,10H,2,6-9,11-12H2,1H3,(H,18,19)(H,20,21). The molecular weight excluding hydrogens is 346 g/mol. The van der Waals surface area contributed by atoms with Crippen LogP contribution in [-0.4, -0.2) is 49.9 Å². The Labute approximate surface area is 147 Å². The molecule has 0 atom stereocenters. The van der Waals surface area contributed by atoms with Crippen molar-refractivity contribution < 1.29 is 27.9 Å².